The number of carbonyl (C=O) groups excluding carboxylic acids is 2. The summed E-state index contributed by atoms with van der Waals surface area (Å²) in [5.41, 5.74) is 3.84. The highest BCUT2D eigenvalue weighted by Crippen LogP contribution is 2.33. The van der Waals surface area contributed by atoms with Crippen LogP contribution in [0.1, 0.15) is 28.9 Å². The van der Waals surface area contributed by atoms with Crippen LogP contribution in [-0.4, -0.2) is 79.4 Å². The second-order valence-electron chi connectivity index (χ2n) is 10.5. The summed E-state index contributed by atoms with van der Waals surface area (Å²) >= 11 is 0. The van der Waals surface area contributed by atoms with E-state index < -0.39 is 0 Å². The lowest BCUT2D eigenvalue weighted by atomic mass is 10.1. The number of morpholine rings is 1. The lowest BCUT2D eigenvalue weighted by Gasteiger charge is -2.30. The van der Waals surface area contributed by atoms with E-state index in [0.29, 0.717) is 36.0 Å². The third-order valence-electron chi connectivity index (χ3n) is 7.47. The van der Waals surface area contributed by atoms with Crippen molar-refractivity contribution in [3.05, 3.63) is 77.2 Å². The zero-order chi connectivity index (χ0) is 28.6. The summed E-state index contributed by atoms with van der Waals surface area (Å²) in [6.45, 7) is 9.24. The molecule has 5 rings (SSSR count). The first-order valence-electron chi connectivity index (χ1n) is 14.1. The summed E-state index contributed by atoms with van der Waals surface area (Å²) in [5, 5.41) is 3.00. The lowest BCUT2D eigenvalue weighted by Crippen LogP contribution is -2.45. The van der Waals surface area contributed by atoms with Crippen molar-refractivity contribution in [2.45, 2.75) is 33.4 Å². The molecule has 218 valence electrons. The molecule has 2 aliphatic rings. The van der Waals surface area contributed by atoms with Gasteiger partial charge in [0.15, 0.2) is 11.5 Å². The van der Waals surface area contributed by atoms with Crippen LogP contribution in [0.15, 0.2) is 59.2 Å². The topological polar surface area (TPSA) is 96.7 Å². The van der Waals surface area contributed by atoms with E-state index in [4.69, 9.17) is 18.6 Å². The van der Waals surface area contributed by atoms with Crippen LogP contribution in [0.2, 0.25) is 0 Å². The van der Waals surface area contributed by atoms with Crippen LogP contribution in [0.5, 0.6) is 11.5 Å². The number of nitrogens with zero attached hydrogens (tertiary/aromatic N) is 3. The fourth-order valence-electron chi connectivity index (χ4n) is 4.93. The maximum atomic E-state index is 13.8. The Bertz CT molecular complexity index is 1320. The molecule has 2 aromatic carbocycles. The van der Waals surface area contributed by atoms with Gasteiger partial charge in [-0.2, -0.15) is 0 Å². The van der Waals surface area contributed by atoms with Crippen molar-refractivity contribution >= 4 is 17.6 Å². The van der Waals surface area contributed by atoms with E-state index in [0.717, 1.165) is 56.0 Å². The van der Waals surface area contributed by atoms with Crippen LogP contribution in [0, 0.1) is 13.8 Å². The molecule has 3 aromatic rings. The highest BCUT2D eigenvalue weighted by atomic mass is 16.7. The predicted molar refractivity (Wildman–Crippen MR) is 154 cm³/mol. The zero-order valence-electron chi connectivity index (χ0n) is 23.8. The summed E-state index contributed by atoms with van der Waals surface area (Å²) in [7, 11) is 0. The molecule has 1 fully saturated rings. The molecular formula is C31H38N4O6. The maximum absolute atomic E-state index is 13.8. The number of carbonyl (C=O) groups is 2. The van der Waals surface area contributed by atoms with Crippen LogP contribution in [0.25, 0.3) is 0 Å². The number of benzene rings is 2. The van der Waals surface area contributed by atoms with Gasteiger partial charge in [0, 0.05) is 38.4 Å². The first-order valence-corrected chi connectivity index (χ1v) is 14.1. The highest BCUT2D eigenvalue weighted by Gasteiger charge is 2.24. The molecule has 1 N–H and O–H groups in total. The van der Waals surface area contributed by atoms with Gasteiger partial charge in [-0.3, -0.25) is 9.69 Å². The van der Waals surface area contributed by atoms with E-state index >= 15 is 0 Å². The number of hydrogen-bond acceptors (Lipinski definition) is 7. The third-order valence-corrected chi connectivity index (χ3v) is 7.47. The Balaban J connectivity index is 1.30. The van der Waals surface area contributed by atoms with Gasteiger partial charge in [-0.1, -0.05) is 12.1 Å². The van der Waals surface area contributed by atoms with Crippen molar-refractivity contribution in [1.29, 1.82) is 0 Å². The standard InChI is InChI=1S/C31H38N4O6/c1-23-6-8-26(17-24(23)2)32-31(37)34(11-4-10-33-12-15-38-16-13-33)21-30(36)35(20-27-5-3-14-39-27)19-25-7-9-28-29(18-25)41-22-40-28/h3,5-9,14,17-18H,4,10-13,15-16,19-22H2,1-2H3,(H,32,37). The largest absolute Gasteiger partial charge is 0.467 e. The van der Waals surface area contributed by atoms with Gasteiger partial charge in [0.1, 0.15) is 12.3 Å². The maximum Gasteiger partial charge on any atom is 0.322 e. The number of furan rings is 1. The molecule has 0 aliphatic carbocycles. The van der Waals surface area contributed by atoms with Gasteiger partial charge in [0.2, 0.25) is 12.7 Å². The van der Waals surface area contributed by atoms with E-state index in [1.807, 2.05) is 56.3 Å². The lowest BCUT2D eigenvalue weighted by molar-refractivity contribution is -0.133. The van der Waals surface area contributed by atoms with Crippen molar-refractivity contribution in [2.75, 3.05) is 58.0 Å². The van der Waals surface area contributed by atoms with Crippen molar-refractivity contribution < 1.29 is 28.2 Å². The fourth-order valence-corrected chi connectivity index (χ4v) is 4.93. The normalized spacial score (nSPS) is 14.6. The van der Waals surface area contributed by atoms with Gasteiger partial charge < -0.3 is 33.7 Å². The number of rotatable bonds is 11. The van der Waals surface area contributed by atoms with Gasteiger partial charge in [-0.25, -0.2) is 4.79 Å². The second-order valence-corrected chi connectivity index (χ2v) is 10.5. The number of ether oxygens (including phenoxy) is 3. The van der Waals surface area contributed by atoms with Crippen LogP contribution in [0.4, 0.5) is 10.5 Å². The average molecular weight is 563 g/mol. The first-order chi connectivity index (χ1) is 19.9. The minimum Gasteiger partial charge on any atom is -0.467 e. The smallest absolute Gasteiger partial charge is 0.322 e. The van der Waals surface area contributed by atoms with Gasteiger partial charge in [0.25, 0.3) is 0 Å². The number of fused-ring (bicyclic) bond motifs is 1. The van der Waals surface area contributed by atoms with Gasteiger partial charge in [-0.15, -0.1) is 0 Å². The van der Waals surface area contributed by atoms with Crippen molar-refractivity contribution in [3.8, 4) is 11.5 Å². The molecule has 0 radical (unpaired) electrons. The number of nitrogens with one attached hydrogen (secondary N) is 1. The molecule has 1 aromatic heterocycles. The molecule has 0 saturated carbocycles. The first kappa shape index (κ1) is 28.5. The second kappa shape index (κ2) is 13.6. The minimum absolute atomic E-state index is 0.0644. The van der Waals surface area contributed by atoms with E-state index in [-0.39, 0.29) is 31.8 Å². The Morgan fingerprint density at radius 1 is 0.927 bits per heavy atom. The number of anilines is 1. The summed E-state index contributed by atoms with van der Waals surface area (Å²) < 4.78 is 22.0. The molecule has 3 heterocycles. The molecule has 2 aliphatic heterocycles. The molecule has 10 heteroatoms. The van der Waals surface area contributed by atoms with Crippen LogP contribution in [-0.2, 0) is 22.6 Å². The third kappa shape index (κ3) is 7.80. The fraction of sp³-hybridized carbons (Fsp3) is 0.419. The average Bonchev–Trinajstić information content (AvgIpc) is 3.66. The molecule has 41 heavy (non-hydrogen) atoms. The van der Waals surface area contributed by atoms with Gasteiger partial charge in [-0.05, 0) is 73.4 Å². The molecule has 0 unspecified atom stereocenters. The van der Waals surface area contributed by atoms with E-state index in [9.17, 15) is 9.59 Å². The predicted octanol–water partition coefficient (Wildman–Crippen LogP) is 4.41. The number of urea groups is 1. The van der Waals surface area contributed by atoms with E-state index in [1.54, 1.807) is 22.1 Å². The molecular weight excluding hydrogens is 524 g/mol. The molecule has 0 spiro atoms. The van der Waals surface area contributed by atoms with Gasteiger partial charge in [0.05, 0.1) is 26.0 Å². The Kier molecular flexibility index (Phi) is 9.43. The Hall–Kier alpha value is -4.02. The quantitative estimate of drug-likeness (QED) is 0.370. The summed E-state index contributed by atoms with van der Waals surface area (Å²) in [5.74, 6) is 1.83. The Morgan fingerprint density at radius 3 is 2.54 bits per heavy atom. The molecule has 0 bridgehead atoms. The summed E-state index contributed by atoms with van der Waals surface area (Å²) in [6, 6.07) is 14.8. The molecule has 10 nitrogen and oxygen atoms in total. The van der Waals surface area contributed by atoms with Crippen molar-refractivity contribution in [2.24, 2.45) is 0 Å². The minimum atomic E-state index is -0.301. The highest BCUT2D eigenvalue weighted by molar-refractivity contribution is 5.92. The van der Waals surface area contributed by atoms with E-state index in [2.05, 4.69) is 10.2 Å². The van der Waals surface area contributed by atoms with Crippen LogP contribution >= 0.6 is 0 Å². The Labute approximate surface area is 240 Å². The molecule has 3 amide bonds. The van der Waals surface area contributed by atoms with Crippen molar-refractivity contribution in [3.63, 3.8) is 0 Å². The summed E-state index contributed by atoms with van der Waals surface area (Å²) in [6.07, 6.45) is 2.33. The Morgan fingerprint density at radius 2 is 1.76 bits per heavy atom. The molecule has 1 saturated heterocycles. The number of amides is 3. The number of hydrogen-bond donors (Lipinski definition) is 1. The SMILES string of the molecule is Cc1ccc(NC(=O)N(CCCN2CCOCC2)CC(=O)N(Cc2ccc3c(c2)OCO3)Cc2ccco2)cc1C. The number of aryl methyl sites for hydroxylation is 2. The van der Waals surface area contributed by atoms with Crippen molar-refractivity contribution in [1.82, 2.24) is 14.7 Å². The summed E-state index contributed by atoms with van der Waals surface area (Å²) in [4.78, 5) is 33.0. The zero-order valence-corrected chi connectivity index (χ0v) is 23.8. The monoisotopic (exact) mass is 562 g/mol. The molecule has 0 atom stereocenters. The van der Waals surface area contributed by atoms with Crippen LogP contribution in [0.3, 0.4) is 0 Å². The van der Waals surface area contributed by atoms with E-state index in [1.165, 1.54) is 0 Å². The van der Waals surface area contributed by atoms with Gasteiger partial charge >= 0.3 is 6.03 Å². The van der Waals surface area contributed by atoms with Crippen LogP contribution < -0.4 is 14.8 Å².